The lowest BCUT2D eigenvalue weighted by molar-refractivity contribution is -0.143. The van der Waals surface area contributed by atoms with Gasteiger partial charge in [-0.3, -0.25) is 4.79 Å². The molecule has 8 heteroatoms. The van der Waals surface area contributed by atoms with E-state index in [0.717, 1.165) is 18.9 Å². The van der Waals surface area contributed by atoms with E-state index in [1.54, 1.807) is 12.3 Å². The van der Waals surface area contributed by atoms with E-state index >= 15 is 0 Å². The molecule has 21 heavy (non-hydrogen) atoms. The Labute approximate surface area is 121 Å². The van der Waals surface area contributed by atoms with E-state index in [2.05, 4.69) is 15.2 Å². The number of hydrogen-bond donors (Lipinski definition) is 2. The second kappa shape index (κ2) is 7.55. The number of aliphatic carboxylic acids is 1. The number of ether oxygens (including phenoxy) is 2. The Morgan fingerprint density at radius 1 is 1.33 bits per heavy atom. The van der Waals surface area contributed by atoms with Crippen LogP contribution >= 0.6 is 0 Å². The third-order valence-corrected chi connectivity index (χ3v) is 2.83. The predicted octanol–water partition coefficient (Wildman–Crippen LogP) is -0.0421. The van der Waals surface area contributed by atoms with Crippen LogP contribution in [0.2, 0.25) is 0 Å². The number of pyridine rings is 1. The van der Waals surface area contributed by atoms with Gasteiger partial charge in [-0.15, -0.1) is 0 Å². The maximum Gasteiger partial charge on any atom is 0.329 e. The molecule has 0 aromatic carbocycles. The van der Waals surface area contributed by atoms with Gasteiger partial charge in [0.05, 0.1) is 25.1 Å². The Bertz CT molecular complexity index is 485. The van der Waals surface area contributed by atoms with E-state index in [4.69, 9.17) is 14.6 Å². The number of amides is 1. The first-order valence-corrected chi connectivity index (χ1v) is 6.53. The smallest absolute Gasteiger partial charge is 0.329 e. The van der Waals surface area contributed by atoms with Crippen molar-refractivity contribution < 1.29 is 24.2 Å². The fraction of sp³-hybridized carbons (Fsp3) is 0.462. The first-order chi connectivity index (χ1) is 10.1. The SMILES string of the molecule is O=C(O)COCC(=O)Nc1ccc(N2CCOCC2)nc1. The normalized spacial score (nSPS) is 14.8. The molecule has 0 saturated carbocycles. The Morgan fingerprint density at radius 2 is 2.10 bits per heavy atom. The highest BCUT2D eigenvalue weighted by Gasteiger charge is 2.12. The molecule has 1 aromatic rings. The van der Waals surface area contributed by atoms with E-state index in [-0.39, 0.29) is 6.61 Å². The van der Waals surface area contributed by atoms with Gasteiger partial charge in [-0.25, -0.2) is 9.78 Å². The number of carbonyl (C=O) groups is 2. The van der Waals surface area contributed by atoms with Gasteiger partial charge in [0, 0.05) is 13.1 Å². The largest absolute Gasteiger partial charge is 0.480 e. The quantitative estimate of drug-likeness (QED) is 0.759. The van der Waals surface area contributed by atoms with E-state index in [0.29, 0.717) is 18.9 Å². The summed E-state index contributed by atoms with van der Waals surface area (Å²) in [5, 5.41) is 11.0. The Morgan fingerprint density at radius 3 is 2.71 bits per heavy atom. The number of nitrogens with zero attached hydrogens (tertiary/aromatic N) is 2. The zero-order chi connectivity index (χ0) is 15.1. The van der Waals surface area contributed by atoms with E-state index < -0.39 is 18.5 Å². The number of carboxylic acids is 1. The lowest BCUT2D eigenvalue weighted by atomic mass is 10.3. The van der Waals surface area contributed by atoms with Crippen LogP contribution in [-0.2, 0) is 19.1 Å². The van der Waals surface area contributed by atoms with Crippen LogP contribution in [0.3, 0.4) is 0 Å². The summed E-state index contributed by atoms with van der Waals surface area (Å²) in [4.78, 5) is 28.1. The summed E-state index contributed by atoms with van der Waals surface area (Å²) < 4.78 is 9.96. The molecule has 1 aliphatic heterocycles. The zero-order valence-corrected chi connectivity index (χ0v) is 11.4. The Kier molecular flexibility index (Phi) is 5.47. The molecule has 0 bridgehead atoms. The summed E-state index contributed by atoms with van der Waals surface area (Å²) >= 11 is 0. The van der Waals surface area contributed by atoms with Crippen molar-refractivity contribution in [1.82, 2.24) is 4.98 Å². The lowest BCUT2D eigenvalue weighted by Crippen LogP contribution is -2.36. The van der Waals surface area contributed by atoms with Gasteiger partial charge in [0.15, 0.2) is 0 Å². The number of rotatable bonds is 6. The molecule has 0 aliphatic carbocycles. The van der Waals surface area contributed by atoms with Crippen molar-refractivity contribution in [3.8, 4) is 0 Å². The average Bonchev–Trinajstić information content (AvgIpc) is 2.48. The minimum atomic E-state index is -1.11. The molecular weight excluding hydrogens is 278 g/mol. The summed E-state index contributed by atoms with van der Waals surface area (Å²) in [6.45, 7) is 2.14. The third kappa shape index (κ3) is 5.01. The molecule has 2 heterocycles. The lowest BCUT2D eigenvalue weighted by Gasteiger charge is -2.27. The average molecular weight is 295 g/mol. The molecule has 1 saturated heterocycles. The summed E-state index contributed by atoms with van der Waals surface area (Å²) in [5.74, 6) is -0.699. The number of nitrogens with one attached hydrogen (secondary N) is 1. The van der Waals surface area contributed by atoms with Gasteiger partial charge in [0.25, 0.3) is 0 Å². The van der Waals surface area contributed by atoms with Crippen molar-refractivity contribution in [2.24, 2.45) is 0 Å². The molecule has 1 aromatic heterocycles. The van der Waals surface area contributed by atoms with Gasteiger partial charge in [-0.2, -0.15) is 0 Å². The van der Waals surface area contributed by atoms with Gasteiger partial charge in [0.2, 0.25) is 5.91 Å². The molecule has 0 atom stereocenters. The van der Waals surface area contributed by atoms with Crippen molar-refractivity contribution in [3.63, 3.8) is 0 Å². The Hall–Kier alpha value is -2.19. The standard InChI is InChI=1S/C13H17N3O5/c17-12(8-21-9-13(18)19)15-10-1-2-11(14-7-10)16-3-5-20-6-4-16/h1-2,7H,3-6,8-9H2,(H,15,17)(H,18,19). The highest BCUT2D eigenvalue weighted by atomic mass is 16.5. The minimum absolute atomic E-state index is 0.308. The molecule has 114 valence electrons. The zero-order valence-electron chi connectivity index (χ0n) is 11.4. The number of hydrogen-bond acceptors (Lipinski definition) is 6. The molecule has 1 fully saturated rings. The van der Waals surface area contributed by atoms with Crippen LogP contribution in [0, 0.1) is 0 Å². The maximum atomic E-state index is 11.5. The molecule has 0 radical (unpaired) electrons. The summed E-state index contributed by atoms with van der Waals surface area (Å²) in [7, 11) is 0. The molecule has 0 unspecified atom stereocenters. The molecule has 1 amide bonds. The van der Waals surface area contributed by atoms with Crippen LogP contribution < -0.4 is 10.2 Å². The third-order valence-electron chi connectivity index (χ3n) is 2.83. The summed E-state index contributed by atoms with van der Waals surface area (Å²) in [6, 6.07) is 3.56. The number of morpholine rings is 1. The minimum Gasteiger partial charge on any atom is -0.480 e. The first kappa shape index (κ1) is 15.2. The van der Waals surface area contributed by atoms with Crippen molar-refractivity contribution in [2.45, 2.75) is 0 Å². The van der Waals surface area contributed by atoms with Crippen LogP contribution in [-0.4, -0.2) is 61.5 Å². The first-order valence-electron chi connectivity index (χ1n) is 6.53. The van der Waals surface area contributed by atoms with Crippen LogP contribution in [0.15, 0.2) is 18.3 Å². The highest BCUT2D eigenvalue weighted by molar-refractivity contribution is 5.91. The molecule has 0 spiro atoms. The van der Waals surface area contributed by atoms with Gasteiger partial charge >= 0.3 is 5.97 Å². The molecular formula is C13H17N3O5. The van der Waals surface area contributed by atoms with Crippen LogP contribution in [0.25, 0.3) is 0 Å². The number of aromatic nitrogens is 1. The summed E-state index contributed by atoms with van der Waals surface area (Å²) in [6.07, 6.45) is 1.56. The molecule has 8 nitrogen and oxygen atoms in total. The summed E-state index contributed by atoms with van der Waals surface area (Å²) in [5.41, 5.74) is 0.538. The molecule has 1 aliphatic rings. The van der Waals surface area contributed by atoms with Crippen molar-refractivity contribution in [3.05, 3.63) is 18.3 Å². The fourth-order valence-corrected chi connectivity index (χ4v) is 1.87. The van der Waals surface area contributed by atoms with Crippen LogP contribution in [0.1, 0.15) is 0 Å². The highest BCUT2D eigenvalue weighted by Crippen LogP contribution is 2.15. The van der Waals surface area contributed by atoms with Gasteiger partial charge in [-0.05, 0) is 12.1 Å². The van der Waals surface area contributed by atoms with Crippen LogP contribution in [0.4, 0.5) is 11.5 Å². The number of carbonyl (C=O) groups excluding carboxylic acids is 1. The van der Waals surface area contributed by atoms with Gasteiger partial charge in [0.1, 0.15) is 19.0 Å². The Balaban J connectivity index is 1.81. The van der Waals surface area contributed by atoms with E-state index in [9.17, 15) is 9.59 Å². The van der Waals surface area contributed by atoms with Crippen molar-refractivity contribution in [1.29, 1.82) is 0 Å². The maximum absolute atomic E-state index is 11.5. The van der Waals surface area contributed by atoms with Gasteiger partial charge < -0.3 is 24.8 Å². The molecule has 2 N–H and O–H groups in total. The number of carboxylic acid groups (broad SMARTS) is 1. The van der Waals surface area contributed by atoms with Crippen molar-refractivity contribution >= 4 is 23.4 Å². The predicted molar refractivity (Wildman–Crippen MR) is 74.4 cm³/mol. The second-order valence-corrected chi connectivity index (χ2v) is 4.44. The van der Waals surface area contributed by atoms with Crippen molar-refractivity contribution in [2.75, 3.05) is 49.7 Å². The molecule has 2 rings (SSSR count). The second-order valence-electron chi connectivity index (χ2n) is 4.44. The monoisotopic (exact) mass is 295 g/mol. The number of anilines is 2. The van der Waals surface area contributed by atoms with Crippen LogP contribution in [0.5, 0.6) is 0 Å². The van der Waals surface area contributed by atoms with Gasteiger partial charge in [-0.1, -0.05) is 0 Å². The fourth-order valence-electron chi connectivity index (χ4n) is 1.87. The van der Waals surface area contributed by atoms with E-state index in [1.165, 1.54) is 0 Å². The van der Waals surface area contributed by atoms with E-state index in [1.807, 2.05) is 6.07 Å². The topological polar surface area (TPSA) is 101 Å².